The first-order valence-corrected chi connectivity index (χ1v) is 11.1. The Morgan fingerprint density at radius 3 is 2.34 bits per heavy atom. The number of piperazine rings is 1. The average molecular weight is 428 g/mol. The number of hydrogen-bond acceptors (Lipinski definition) is 7. The topological polar surface area (TPSA) is 105 Å². The van der Waals surface area contributed by atoms with Crippen LogP contribution in [0.4, 0.5) is 0 Å². The minimum atomic E-state index is -3.57. The zero-order valence-electron chi connectivity index (χ0n) is 16.9. The molecule has 1 amide bonds. The number of hydrogen-bond donors (Lipinski definition) is 1. The van der Waals surface area contributed by atoms with Gasteiger partial charge in [0.25, 0.3) is 0 Å². The maximum absolute atomic E-state index is 12.8. The highest BCUT2D eigenvalue weighted by Gasteiger charge is 2.29. The van der Waals surface area contributed by atoms with Gasteiger partial charge in [0.05, 0.1) is 25.2 Å². The first kappa shape index (κ1) is 23.1. The maximum atomic E-state index is 12.8. The molecule has 0 spiro atoms. The highest BCUT2D eigenvalue weighted by Crippen LogP contribution is 2.20. The van der Waals surface area contributed by atoms with Gasteiger partial charge in [-0.15, -0.1) is 0 Å². The van der Waals surface area contributed by atoms with E-state index in [4.69, 9.17) is 4.74 Å². The monoisotopic (exact) mass is 427 g/mol. The summed E-state index contributed by atoms with van der Waals surface area (Å²) in [6.07, 6.45) is 0.783. The van der Waals surface area contributed by atoms with E-state index < -0.39 is 10.0 Å². The molecule has 162 valence electrons. The molecule has 0 aromatic heterocycles. The minimum absolute atomic E-state index is 0.141. The third-order valence-corrected chi connectivity index (χ3v) is 6.49. The molecular formula is C19H29N3O6S. The molecule has 0 unspecified atom stereocenters. The summed E-state index contributed by atoms with van der Waals surface area (Å²) in [5, 5.41) is 2.76. The number of nitrogens with zero attached hydrogens (tertiary/aromatic N) is 2. The van der Waals surface area contributed by atoms with Gasteiger partial charge in [-0.25, -0.2) is 8.42 Å². The van der Waals surface area contributed by atoms with E-state index in [0.717, 1.165) is 0 Å². The van der Waals surface area contributed by atoms with Gasteiger partial charge in [0.2, 0.25) is 15.9 Å². The van der Waals surface area contributed by atoms with E-state index in [0.29, 0.717) is 51.5 Å². The summed E-state index contributed by atoms with van der Waals surface area (Å²) in [5.74, 6) is 0.190. The molecule has 1 aliphatic heterocycles. The van der Waals surface area contributed by atoms with Gasteiger partial charge in [0.15, 0.2) is 0 Å². The van der Waals surface area contributed by atoms with Crippen molar-refractivity contribution in [1.82, 2.24) is 14.5 Å². The third-order valence-electron chi connectivity index (χ3n) is 4.58. The average Bonchev–Trinajstić information content (AvgIpc) is 2.72. The first-order valence-electron chi connectivity index (χ1n) is 9.65. The van der Waals surface area contributed by atoms with Crippen LogP contribution in [-0.4, -0.2) is 82.5 Å². The second-order valence-corrected chi connectivity index (χ2v) is 8.55. The molecule has 0 atom stereocenters. The van der Waals surface area contributed by atoms with Crippen molar-refractivity contribution in [3.8, 4) is 5.75 Å². The molecule has 2 rings (SSSR count). The van der Waals surface area contributed by atoms with Gasteiger partial charge in [0, 0.05) is 39.1 Å². The number of carbonyl (C=O) groups is 2. The molecule has 1 aliphatic rings. The molecule has 0 saturated carbocycles. The van der Waals surface area contributed by atoms with E-state index >= 15 is 0 Å². The Labute approximate surface area is 172 Å². The van der Waals surface area contributed by atoms with E-state index in [9.17, 15) is 18.0 Å². The van der Waals surface area contributed by atoms with Crippen LogP contribution in [0.5, 0.6) is 5.75 Å². The molecule has 0 radical (unpaired) electrons. The smallest absolute Gasteiger partial charge is 0.305 e. The Balaban J connectivity index is 1.77. The summed E-state index contributed by atoms with van der Waals surface area (Å²) >= 11 is 0. The molecule has 1 aromatic carbocycles. The lowest BCUT2D eigenvalue weighted by atomic mass is 10.3. The zero-order chi connectivity index (χ0) is 21.3. The Kier molecular flexibility index (Phi) is 8.87. The maximum Gasteiger partial charge on any atom is 0.305 e. The van der Waals surface area contributed by atoms with Crippen molar-refractivity contribution in [2.75, 3.05) is 53.0 Å². The van der Waals surface area contributed by atoms with Crippen molar-refractivity contribution in [3.05, 3.63) is 24.3 Å². The van der Waals surface area contributed by atoms with Crippen molar-refractivity contribution in [2.24, 2.45) is 0 Å². The van der Waals surface area contributed by atoms with Crippen LogP contribution in [0.25, 0.3) is 0 Å². The SMILES string of the molecule is CCOc1ccc(S(=O)(=O)N2CCN(CC(=O)NCCCC(=O)OC)CC2)cc1. The van der Waals surface area contributed by atoms with Gasteiger partial charge >= 0.3 is 5.97 Å². The van der Waals surface area contributed by atoms with Crippen LogP contribution in [0.2, 0.25) is 0 Å². The van der Waals surface area contributed by atoms with Crippen LogP contribution in [0.1, 0.15) is 19.8 Å². The summed E-state index contributed by atoms with van der Waals surface area (Å²) in [6.45, 7) is 4.60. The van der Waals surface area contributed by atoms with E-state index in [1.54, 1.807) is 24.3 Å². The number of methoxy groups -OCH3 is 1. The van der Waals surface area contributed by atoms with E-state index in [1.165, 1.54) is 11.4 Å². The second kappa shape index (κ2) is 11.1. The zero-order valence-corrected chi connectivity index (χ0v) is 17.7. The number of rotatable bonds is 10. The molecule has 1 N–H and O–H groups in total. The number of nitrogens with one attached hydrogen (secondary N) is 1. The minimum Gasteiger partial charge on any atom is -0.494 e. The largest absolute Gasteiger partial charge is 0.494 e. The fourth-order valence-corrected chi connectivity index (χ4v) is 4.40. The van der Waals surface area contributed by atoms with Crippen molar-refractivity contribution in [2.45, 2.75) is 24.7 Å². The van der Waals surface area contributed by atoms with Crippen LogP contribution < -0.4 is 10.1 Å². The van der Waals surface area contributed by atoms with Crippen molar-refractivity contribution >= 4 is 21.9 Å². The number of esters is 1. The molecule has 1 saturated heterocycles. The molecule has 1 aromatic rings. The number of amides is 1. The molecule has 9 nitrogen and oxygen atoms in total. The highest BCUT2D eigenvalue weighted by molar-refractivity contribution is 7.89. The summed E-state index contributed by atoms with van der Waals surface area (Å²) in [5.41, 5.74) is 0. The van der Waals surface area contributed by atoms with Gasteiger partial charge in [-0.1, -0.05) is 0 Å². The standard InChI is InChI=1S/C19H29N3O6S/c1-3-28-16-6-8-17(9-7-16)29(25,26)22-13-11-21(12-14-22)15-18(23)20-10-4-5-19(24)27-2/h6-9H,3-5,10-15H2,1-2H3,(H,20,23). The predicted octanol–water partition coefficient (Wildman–Crippen LogP) is 0.461. The van der Waals surface area contributed by atoms with Crippen LogP contribution in [-0.2, 0) is 24.3 Å². The predicted molar refractivity (Wildman–Crippen MR) is 107 cm³/mol. The molecule has 29 heavy (non-hydrogen) atoms. The van der Waals surface area contributed by atoms with Crippen molar-refractivity contribution in [1.29, 1.82) is 0 Å². The van der Waals surface area contributed by atoms with Gasteiger partial charge in [0.1, 0.15) is 5.75 Å². The van der Waals surface area contributed by atoms with E-state index in [-0.39, 0.29) is 29.7 Å². The molecule has 0 aliphatic carbocycles. The molecule has 0 bridgehead atoms. The summed E-state index contributed by atoms with van der Waals surface area (Å²) in [7, 11) is -2.24. The second-order valence-electron chi connectivity index (χ2n) is 6.61. The lowest BCUT2D eigenvalue weighted by Gasteiger charge is -2.33. The van der Waals surface area contributed by atoms with Crippen LogP contribution in [0, 0.1) is 0 Å². The fourth-order valence-electron chi connectivity index (χ4n) is 2.97. The summed E-state index contributed by atoms with van der Waals surface area (Å²) in [4.78, 5) is 25.2. The van der Waals surface area contributed by atoms with Crippen LogP contribution in [0.15, 0.2) is 29.2 Å². The number of sulfonamides is 1. The van der Waals surface area contributed by atoms with Crippen molar-refractivity contribution < 1.29 is 27.5 Å². The fraction of sp³-hybridized carbons (Fsp3) is 0.579. The molecular weight excluding hydrogens is 398 g/mol. The van der Waals surface area contributed by atoms with Crippen molar-refractivity contribution in [3.63, 3.8) is 0 Å². The molecule has 1 fully saturated rings. The summed E-state index contributed by atoms with van der Waals surface area (Å²) in [6, 6.07) is 6.40. The van der Waals surface area contributed by atoms with Gasteiger partial charge < -0.3 is 14.8 Å². The molecule has 1 heterocycles. The highest BCUT2D eigenvalue weighted by atomic mass is 32.2. The Hall–Kier alpha value is -2.17. The number of benzene rings is 1. The lowest BCUT2D eigenvalue weighted by Crippen LogP contribution is -2.51. The first-order chi connectivity index (χ1) is 13.9. The van der Waals surface area contributed by atoms with E-state index in [1.807, 2.05) is 11.8 Å². The Bertz CT molecular complexity index is 774. The van der Waals surface area contributed by atoms with Gasteiger partial charge in [-0.2, -0.15) is 4.31 Å². The molecule has 10 heteroatoms. The number of ether oxygens (including phenoxy) is 2. The van der Waals surface area contributed by atoms with Gasteiger partial charge in [-0.05, 0) is 37.6 Å². The normalized spacial score (nSPS) is 15.7. The number of carbonyl (C=O) groups excluding carboxylic acids is 2. The van der Waals surface area contributed by atoms with Crippen LogP contribution in [0.3, 0.4) is 0 Å². The quantitative estimate of drug-likeness (QED) is 0.427. The van der Waals surface area contributed by atoms with Crippen LogP contribution >= 0.6 is 0 Å². The Morgan fingerprint density at radius 1 is 1.10 bits per heavy atom. The Morgan fingerprint density at radius 2 is 1.76 bits per heavy atom. The summed E-state index contributed by atoms with van der Waals surface area (Å²) < 4.78 is 36.9. The lowest BCUT2D eigenvalue weighted by molar-refractivity contribution is -0.140. The van der Waals surface area contributed by atoms with E-state index in [2.05, 4.69) is 10.1 Å². The van der Waals surface area contributed by atoms with Gasteiger partial charge in [-0.3, -0.25) is 14.5 Å². The third kappa shape index (κ3) is 6.98.